The lowest BCUT2D eigenvalue weighted by Gasteiger charge is -2.34. The molecule has 2 rings (SSSR count). The summed E-state index contributed by atoms with van der Waals surface area (Å²) >= 11 is 0. The Morgan fingerprint density at radius 3 is 2.33 bits per heavy atom. The number of carbonyl (C=O) groups excluding carboxylic acids is 1. The van der Waals surface area contributed by atoms with E-state index in [0.717, 1.165) is 0 Å². The van der Waals surface area contributed by atoms with Crippen molar-refractivity contribution < 1.29 is 23.1 Å². The minimum absolute atomic E-state index is 0.0479. The van der Waals surface area contributed by atoms with Crippen LogP contribution in [0.25, 0.3) is 0 Å². The Bertz CT molecular complexity index is 520. The van der Waals surface area contributed by atoms with Crippen molar-refractivity contribution in [2.75, 3.05) is 44.6 Å². The van der Waals surface area contributed by atoms with Crippen LogP contribution >= 0.6 is 0 Å². The lowest BCUT2D eigenvalue weighted by molar-refractivity contribution is 0.127. The highest BCUT2D eigenvalue weighted by molar-refractivity contribution is 5.89. The predicted octanol–water partition coefficient (Wildman–Crippen LogP) is 1.25. The molecule has 1 aromatic carbocycles. The number of rotatable bonds is 3. The predicted molar refractivity (Wildman–Crippen MR) is 70.4 cm³/mol. The summed E-state index contributed by atoms with van der Waals surface area (Å²) in [5.41, 5.74) is -0.392. The zero-order chi connectivity index (χ0) is 15.4. The lowest BCUT2D eigenvalue weighted by atomic mass is 10.2. The molecule has 0 radical (unpaired) electrons. The van der Waals surface area contributed by atoms with Crippen LogP contribution in [0.4, 0.5) is 23.7 Å². The van der Waals surface area contributed by atoms with Gasteiger partial charge < -0.3 is 15.3 Å². The van der Waals surface area contributed by atoms with E-state index < -0.39 is 29.2 Å². The van der Waals surface area contributed by atoms with Gasteiger partial charge in [-0.1, -0.05) is 0 Å². The molecule has 1 aliphatic heterocycles. The van der Waals surface area contributed by atoms with Crippen molar-refractivity contribution >= 4 is 11.7 Å². The molecule has 21 heavy (non-hydrogen) atoms. The van der Waals surface area contributed by atoms with Gasteiger partial charge in [0.25, 0.3) is 0 Å². The number of amides is 2. The smallest absolute Gasteiger partial charge is 0.322 e. The van der Waals surface area contributed by atoms with Gasteiger partial charge in [0.1, 0.15) is 5.82 Å². The Hall–Kier alpha value is -1.80. The molecule has 0 aromatic heterocycles. The van der Waals surface area contributed by atoms with Gasteiger partial charge in [-0.05, 0) is 0 Å². The summed E-state index contributed by atoms with van der Waals surface area (Å²) < 4.78 is 39.3. The Balaban J connectivity index is 1.95. The number of carbonyl (C=O) groups is 1. The zero-order valence-corrected chi connectivity index (χ0v) is 11.3. The van der Waals surface area contributed by atoms with Crippen molar-refractivity contribution in [1.82, 2.24) is 9.80 Å². The van der Waals surface area contributed by atoms with Gasteiger partial charge >= 0.3 is 6.03 Å². The van der Waals surface area contributed by atoms with Gasteiger partial charge in [-0.25, -0.2) is 18.0 Å². The number of β-amino-alcohol motifs (C(OH)–C–C–N with tert-alkyl or cyclic N) is 1. The number of nitrogens with one attached hydrogen (secondary N) is 1. The summed E-state index contributed by atoms with van der Waals surface area (Å²) in [5, 5.41) is 11.1. The Morgan fingerprint density at radius 2 is 1.71 bits per heavy atom. The number of benzene rings is 1. The van der Waals surface area contributed by atoms with E-state index in [-0.39, 0.29) is 6.61 Å². The van der Waals surface area contributed by atoms with Crippen molar-refractivity contribution in [1.29, 1.82) is 0 Å². The van der Waals surface area contributed by atoms with E-state index in [4.69, 9.17) is 5.11 Å². The van der Waals surface area contributed by atoms with Crippen LogP contribution in [0.5, 0.6) is 0 Å². The molecule has 2 N–H and O–H groups in total. The molecule has 1 heterocycles. The summed E-state index contributed by atoms with van der Waals surface area (Å²) in [6, 6.07) is 0.442. The third kappa shape index (κ3) is 3.85. The molecule has 116 valence electrons. The molecule has 1 aromatic rings. The van der Waals surface area contributed by atoms with Crippen molar-refractivity contribution in [2.24, 2.45) is 0 Å². The van der Waals surface area contributed by atoms with Crippen LogP contribution in [0.15, 0.2) is 12.1 Å². The summed E-state index contributed by atoms with van der Waals surface area (Å²) in [4.78, 5) is 15.4. The zero-order valence-electron chi connectivity index (χ0n) is 11.3. The molecule has 0 unspecified atom stereocenters. The molecule has 0 saturated carbocycles. The monoisotopic (exact) mass is 303 g/mol. The van der Waals surface area contributed by atoms with E-state index in [1.807, 2.05) is 4.90 Å². The summed E-state index contributed by atoms with van der Waals surface area (Å²) in [7, 11) is 0. The lowest BCUT2D eigenvalue weighted by Crippen LogP contribution is -2.50. The molecule has 8 heteroatoms. The van der Waals surface area contributed by atoms with E-state index in [0.29, 0.717) is 44.9 Å². The van der Waals surface area contributed by atoms with Crippen molar-refractivity contribution in [3.63, 3.8) is 0 Å². The molecular formula is C13H16F3N3O2. The minimum atomic E-state index is -1.30. The largest absolute Gasteiger partial charge is 0.395 e. The Kier molecular flexibility index (Phi) is 5.03. The van der Waals surface area contributed by atoms with Crippen LogP contribution in [0.1, 0.15) is 0 Å². The van der Waals surface area contributed by atoms with Crippen molar-refractivity contribution in [2.45, 2.75) is 0 Å². The number of halogens is 3. The van der Waals surface area contributed by atoms with Gasteiger partial charge in [0, 0.05) is 44.9 Å². The van der Waals surface area contributed by atoms with Gasteiger partial charge in [-0.2, -0.15) is 0 Å². The fourth-order valence-corrected chi connectivity index (χ4v) is 2.13. The second-order valence-electron chi connectivity index (χ2n) is 4.73. The maximum absolute atomic E-state index is 13.4. The summed E-state index contributed by atoms with van der Waals surface area (Å²) in [6.07, 6.45) is 0. The fourth-order valence-electron chi connectivity index (χ4n) is 2.13. The topological polar surface area (TPSA) is 55.8 Å². The quantitative estimate of drug-likeness (QED) is 0.826. The molecule has 0 atom stereocenters. The van der Waals surface area contributed by atoms with Crippen LogP contribution in [0.3, 0.4) is 0 Å². The van der Waals surface area contributed by atoms with Gasteiger partial charge in [0.05, 0.1) is 12.3 Å². The summed E-state index contributed by atoms with van der Waals surface area (Å²) in [6.45, 7) is 2.59. The Morgan fingerprint density at radius 1 is 1.10 bits per heavy atom. The third-order valence-corrected chi connectivity index (χ3v) is 3.33. The molecule has 0 spiro atoms. The first-order valence-electron chi connectivity index (χ1n) is 6.55. The van der Waals surface area contributed by atoms with Crippen molar-refractivity contribution in [3.8, 4) is 0 Å². The number of hydrogen-bond acceptors (Lipinski definition) is 3. The average molecular weight is 303 g/mol. The highest BCUT2D eigenvalue weighted by Gasteiger charge is 2.22. The maximum Gasteiger partial charge on any atom is 0.322 e. The van der Waals surface area contributed by atoms with Gasteiger partial charge in [-0.15, -0.1) is 0 Å². The second kappa shape index (κ2) is 6.77. The third-order valence-electron chi connectivity index (χ3n) is 3.33. The van der Waals surface area contributed by atoms with Gasteiger partial charge in [0.15, 0.2) is 11.6 Å². The molecule has 0 aliphatic carbocycles. The van der Waals surface area contributed by atoms with Crippen molar-refractivity contribution in [3.05, 3.63) is 29.6 Å². The molecule has 2 amide bonds. The highest BCUT2D eigenvalue weighted by Crippen LogP contribution is 2.19. The average Bonchev–Trinajstić information content (AvgIpc) is 2.46. The van der Waals surface area contributed by atoms with Crippen LogP contribution in [0.2, 0.25) is 0 Å². The number of urea groups is 1. The number of piperazine rings is 1. The van der Waals surface area contributed by atoms with Crippen LogP contribution < -0.4 is 5.32 Å². The molecule has 1 fully saturated rings. The first-order chi connectivity index (χ1) is 10.0. The number of anilines is 1. The molecule has 0 bridgehead atoms. The maximum atomic E-state index is 13.4. The Labute approximate surface area is 120 Å². The van der Waals surface area contributed by atoms with Crippen LogP contribution in [0, 0.1) is 17.5 Å². The first-order valence-corrected chi connectivity index (χ1v) is 6.55. The normalized spacial score (nSPS) is 16.1. The van der Waals surface area contributed by atoms with Crippen LogP contribution in [-0.4, -0.2) is 60.3 Å². The number of nitrogens with zero attached hydrogens (tertiary/aromatic N) is 2. The standard InChI is InChI=1S/C13H16F3N3O2/c14-9-7-11(16)12(8-10(9)15)17-13(21)19-3-1-18(2-4-19)5-6-20/h7-8,20H,1-6H2,(H,17,21). The number of aliphatic hydroxyl groups is 1. The fraction of sp³-hybridized carbons (Fsp3) is 0.462. The minimum Gasteiger partial charge on any atom is -0.395 e. The first kappa shape index (κ1) is 15.6. The van der Waals surface area contributed by atoms with E-state index in [1.54, 1.807) is 0 Å². The number of aliphatic hydroxyl groups excluding tert-OH is 1. The molecular weight excluding hydrogens is 287 g/mol. The second-order valence-corrected chi connectivity index (χ2v) is 4.73. The van der Waals surface area contributed by atoms with Crippen LogP contribution in [-0.2, 0) is 0 Å². The van der Waals surface area contributed by atoms with E-state index in [9.17, 15) is 18.0 Å². The highest BCUT2D eigenvalue weighted by atomic mass is 19.2. The molecule has 5 nitrogen and oxygen atoms in total. The van der Waals surface area contributed by atoms with E-state index >= 15 is 0 Å². The van der Waals surface area contributed by atoms with Gasteiger partial charge in [0.2, 0.25) is 0 Å². The summed E-state index contributed by atoms with van der Waals surface area (Å²) in [5.74, 6) is -3.55. The molecule has 1 saturated heterocycles. The molecule has 1 aliphatic rings. The van der Waals surface area contributed by atoms with Gasteiger partial charge in [-0.3, -0.25) is 4.90 Å². The SMILES string of the molecule is O=C(Nc1cc(F)c(F)cc1F)N1CCN(CCO)CC1. The van der Waals surface area contributed by atoms with E-state index in [2.05, 4.69) is 5.32 Å². The number of hydrogen-bond donors (Lipinski definition) is 2. The van der Waals surface area contributed by atoms with E-state index in [1.165, 1.54) is 4.90 Å².